The number of thiophene rings is 1. The minimum Gasteiger partial charge on any atom is -0.473 e. The Kier molecular flexibility index (Phi) is 8.12. The van der Waals surface area contributed by atoms with E-state index in [-0.39, 0.29) is 12.2 Å². The van der Waals surface area contributed by atoms with Crippen LogP contribution in [0.1, 0.15) is 46.5 Å². The molecule has 9 heteroatoms. The summed E-state index contributed by atoms with van der Waals surface area (Å²) in [5.41, 5.74) is 3.67. The molecule has 0 aliphatic carbocycles. The van der Waals surface area contributed by atoms with Crippen molar-refractivity contribution >= 4 is 35.4 Å². The molecule has 35 heavy (non-hydrogen) atoms. The van der Waals surface area contributed by atoms with Gasteiger partial charge in [-0.1, -0.05) is 30.3 Å². The molecule has 1 fully saturated rings. The molecule has 2 aromatic heterocycles. The zero-order chi connectivity index (χ0) is 24.8. The van der Waals surface area contributed by atoms with Crippen molar-refractivity contribution in [2.45, 2.75) is 38.0 Å². The largest absolute Gasteiger partial charge is 0.473 e. The maximum absolute atomic E-state index is 9.10. The molecule has 5 rings (SSSR count). The van der Waals surface area contributed by atoms with Crippen molar-refractivity contribution in [1.82, 2.24) is 14.5 Å². The van der Waals surface area contributed by atoms with Crippen LogP contribution >= 0.6 is 11.3 Å². The molecular weight excluding hydrogens is 466 g/mol. The van der Waals surface area contributed by atoms with Crippen LogP contribution in [0.15, 0.2) is 48.0 Å². The molecule has 4 heterocycles. The topological polar surface area (TPSA) is 105 Å². The first kappa shape index (κ1) is 24.8. The van der Waals surface area contributed by atoms with E-state index < -0.39 is 11.9 Å². The molecule has 0 bridgehead atoms. The summed E-state index contributed by atoms with van der Waals surface area (Å²) in [6, 6.07) is 12.9. The Bertz CT molecular complexity index is 1170. The van der Waals surface area contributed by atoms with Crippen LogP contribution in [0.25, 0.3) is 12.2 Å². The molecule has 2 N–H and O–H groups in total. The number of carbonyl (C=O) groups is 2. The van der Waals surface area contributed by atoms with E-state index in [0.717, 1.165) is 50.4 Å². The van der Waals surface area contributed by atoms with Crippen molar-refractivity contribution in [2.75, 3.05) is 20.1 Å². The zero-order valence-electron chi connectivity index (χ0n) is 19.5. The van der Waals surface area contributed by atoms with Crippen molar-refractivity contribution in [3.8, 4) is 0 Å². The van der Waals surface area contributed by atoms with Gasteiger partial charge in [0.1, 0.15) is 11.9 Å². The summed E-state index contributed by atoms with van der Waals surface area (Å²) in [5, 5.41) is 16.9. The minimum absolute atomic E-state index is 0.0917. The Labute approximate surface area is 208 Å². The van der Waals surface area contributed by atoms with E-state index in [4.69, 9.17) is 29.5 Å². The lowest BCUT2D eigenvalue weighted by Gasteiger charge is -2.32. The van der Waals surface area contributed by atoms with E-state index >= 15 is 0 Å². The fraction of sp³-hybridized carbons (Fsp3) is 0.346. The number of rotatable bonds is 4. The van der Waals surface area contributed by atoms with E-state index in [9.17, 15) is 0 Å². The number of hydrogen-bond acceptors (Lipinski definition) is 6. The van der Waals surface area contributed by atoms with Gasteiger partial charge in [0.15, 0.2) is 0 Å². The summed E-state index contributed by atoms with van der Waals surface area (Å²) in [5.74, 6) is -2.61. The molecule has 3 aromatic rings. The van der Waals surface area contributed by atoms with Crippen LogP contribution < -0.4 is 0 Å². The van der Waals surface area contributed by atoms with Gasteiger partial charge < -0.3 is 24.4 Å². The van der Waals surface area contributed by atoms with Gasteiger partial charge in [-0.25, -0.2) is 14.6 Å². The molecule has 0 spiro atoms. The normalized spacial score (nSPS) is 18.3. The number of benzene rings is 1. The lowest BCUT2D eigenvalue weighted by atomic mass is 10.00. The van der Waals surface area contributed by atoms with Crippen LogP contribution in [0.5, 0.6) is 0 Å². The SMILES string of the molecule is CN1CCC(OC2c3ccccc3CCn3cc(C=Cc4cccs4)nc32)CC1.O=C(O)C(=O)O. The highest BCUT2D eigenvalue weighted by Crippen LogP contribution is 2.34. The van der Waals surface area contributed by atoms with Crippen LogP contribution in [0.2, 0.25) is 0 Å². The summed E-state index contributed by atoms with van der Waals surface area (Å²) >= 11 is 1.74. The Morgan fingerprint density at radius 1 is 1.06 bits per heavy atom. The summed E-state index contributed by atoms with van der Waals surface area (Å²) in [7, 11) is 2.19. The molecule has 0 amide bonds. The van der Waals surface area contributed by atoms with Crippen molar-refractivity contribution in [3.63, 3.8) is 0 Å². The van der Waals surface area contributed by atoms with Crippen LogP contribution in [-0.4, -0.2) is 62.8 Å². The summed E-state index contributed by atoms with van der Waals surface area (Å²) < 4.78 is 9.04. The molecule has 2 aliphatic rings. The lowest BCUT2D eigenvalue weighted by Crippen LogP contribution is -2.35. The van der Waals surface area contributed by atoms with Gasteiger partial charge in [-0.2, -0.15) is 0 Å². The summed E-state index contributed by atoms with van der Waals surface area (Å²) in [6.07, 6.45) is 9.82. The number of aromatic nitrogens is 2. The average Bonchev–Trinajstić information content (AvgIpc) is 3.49. The Morgan fingerprint density at radius 3 is 2.49 bits per heavy atom. The maximum atomic E-state index is 9.10. The number of likely N-dealkylation sites (tertiary alicyclic amines) is 1. The molecule has 1 aromatic carbocycles. The minimum atomic E-state index is -1.82. The van der Waals surface area contributed by atoms with Crippen LogP contribution in [0.3, 0.4) is 0 Å². The van der Waals surface area contributed by atoms with Crippen molar-refractivity contribution in [1.29, 1.82) is 0 Å². The van der Waals surface area contributed by atoms with Crippen LogP contribution in [-0.2, 0) is 27.3 Å². The molecule has 8 nitrogen and oxygen atoms in total. The summed E-state index contributed by atoms with van der Waals surface area (Å²) in [6.45, 7) is 3.14. The third kappa shape index (κ3) is 6.45. The Balaban J connectivity index is 0.000000431. The number of carboxylic acids is 2. The standard InChI is InChI=1S/C24H27N3OS.C2H2O4/c1-26-13-11-20(12-14-26)28-23-22-7-3-2-5-18(22)10-15-27-17-19(25-24(23)27)8-9-21-6-4-16-29-21;3-1(4)2(5)6/h2-9,16-17,20,23H,10-15H2,1H3;(H,3,4)(H,5,6). The van der Waals surface area contributed by atoms with Gasteiger partial charge in [0.05, 0.1) is 11.8 Å². The van der Waals surface area contributed by atoms with E-state index in [2.05, 4.69) is 76.6 Å². The number of ether oxygens (including phenoxy) is 1. The van der Waals surface area contributed by atoms with E-state index in [0.29, 0.717) is 0 Å². The zero-order valence-corrected chi connectivity index (χ0v) is 20.4. The predicted octanol–water partition coefficient (Wildman–Crippen LogP) is 4.03. The quantitative estimate of drug-likeness (QED) is 0.527. The van der Waals surface area contributed by atoms with E-state index in [1.165, 1.54) is 16.0 Å². The van der Waals surface area contributed by atoms with Gasteiger partial charge >= 0.3 is 11.9 Å². The highest BCUT2D eigenvalue weighted by Gasteiger charge is 2.30. The number of carboxylic acid groups (broad SMARTS) is 2. The lowest BCUT2D eigenvalue weighted by molar-refractivity contribution is -0.159. The number of fused-ring (bicyclic) bond motifs is 2. The molecule has 2 aliphatic heterocycles. The number of nitrogens with zero attached hydrogens (tertiary/aromatic N) is 3. The van der Waals surface area contributed by atoms with Crippen LogP contribution in [0, 0.1) is 0 Å². The average molecular weight is 496 g/mol. The third-order valence-electron chi connectivity index (χ3n) is 6.16. The number of aryl methyl sites for hydroxylation is 2. The molecule has 1 saturated heterocycles. The van der Waals surface area contributed by atoms with Crippen molar-refractivity contribution in [3.05, 3.63) is 75.5 Å². The van der Waals surface area contributed by atoms with Gasteiger partial charge in [0.2, 0.25) is 0 Å². The first-order valence-corrected chi connectivity index (χ1v) is 12.5. The fourth-order valence-corrected chi connectivity index (χ4v) is 4.94. The molecule has 1 atom stereocenters. The number of aliphatic carboxylic acids is 2. The molecule has 184 valence electrons. The van der Waals surface area contributed by atoms with E-state index in [1.807, 2.05) is 0 Å². The van der Waals surface area contributed by atoms with Crippen molar-refractivity contribution < 1.29 is 24.5 Å². The maximum Gasteiger partial charge on any atom is 0.414 e. The summed E-state index contributed by atoms with van der Waals surface area (Å²) in [4.78, 5) is 26.8. The highest BCUT2D eigenvalue weighted by molar-refractivity contribution is 7.10. The Morgan fingerprint density at radius 2 is 1.80 bits per heavy atom. The third-order valence-corrected chi connectivity index (χ3v) is 7.00. The van der Waals surface area contributed by atoms with Gasteiger partial charge in [0, 0.05) is 30.7 Å². The van der Waals surface area contributed by atoms with E-state index in [1.54, 1.807) is 11.3 Å². The van der Waals surface area contributed by atoms with Crippen molar-refractivity contribution in [2.24, 2.45) is 0 Å². The van der Waals surface area contributed by atoms with Gasteiger partial charge in [-0.05, 0) is 61.0 Å². The monoisotopic (exact) mass is 495 g/mol. The van der Waals surface area contributed by atoms with Gasteiger partial charge in [-0.15, -0.1) is 11.3 Å². The number of imidazole rings is 1. The predicted molar refractivity (Wildman–Crippen MR) is 134 cm³/mol. The first-order chi connectivity index (χ1) is 16.9. The van der Waals surface area contributed by atoms with Crippen LogP contribution in [0.4, 0.5) is 0 Å². The second-order valence-corrected chi connectivity index (χ2v) is 9.62. The molecule has 0 radical (unpaired) electrons. The highest BCUT2D eigenvalue weighted by atomic mass is 32.1. The molecular formula is C26H29N3O5S. The number of piperidine rings is 1. The first-order valence-electron chi connectivity index (χ1n) is 11.6. The number of hydrogen-bond donors (Lipinski definition) is 2. The van der Waals surface area contributed by atoms with Gasteiger partial charge in [0.25, 0.3) is 0 Å². The fourth-order valence-electron chi connectivity index (χ4n) is 4.32. The molecule has 0 saturated carbocycles. The second kappa shape index (κ2) is 11.4. The smallest absolute Gasteiger partial charge is 0.414 e. The van der Waals surface area contributed by atoms with Gasteiger partial charge in [-0.3, -0.25) is 0 Å². The molecule has 1 unspecified atom stereocenters. The Hall–Kier alpha value is -3.27. The second-order valence-electron chi connectivity index (χ2n) is 8.64.